The Labute approximate surface area is 72.0 Å². The number of aryl methyl sites for hydroxylation is 1. The van der Waals surface area contributed by atoms with Crippen LogP contribution in [0.1, 0.15) is 29.7 Å². The molecule has 2 heteroatoms. The van der Waals surface area contributed by atoms with Gasteiger partial charge < -0.3 is 4.74 Å². The van der Waals surface area contributed by atoms with Gasteiger partial charge in [0.2, 0.25) is 0 Å². The maximum atomic E-state index is 5.45. The lowest BCUT2D eigenvalue weighted by Gasteiger charge is -2.07. The van der Waals surface area contributed by atoms with Crippen molar-refractivity contribution in [3.05, 3.63) is 21.9 Å². The van der Waals surface area contributed by atoms with Gasteiger partial charge in [-0.25, -0.2) is 0 Å². The fourth-order valence-electron chi connectivity index (χ4n) is 1.00. The molecule has 0 bridgehead atoms. The maximum absolute atomic E-state index is 5.45. The van der Waals surface area contributed by atoms with E-state index in [4.69, 9.17) is 4.74 Å². The number of ether oxygens (including phenoxy) is 1. The van der Waals surface area contributed by atoms with Crippen molar-refractivity contribution < 1.29 is 4.74 Å². The first-order chi connectivity index (χ1) is 5.24. The van der Waals surface area contributed by atoms with Crippen molar-refractivity contribution in [2.45, 2.75) is 26.9 Å². The van der Waals surface area contributed by atoms with Gasteiger partial charge in [0.1, 0.15) is 0 Å². The first-order valence-corrected chi connectivity index (χ1v) is 4.73. The highest BCUT2D eigenvalue weighted by molar-refractivity contribution is 7.11. The van der Waals surface area contributed by atoms with E-state index in [9.17, 15) is 0 Å². The molecule has 0 spiro atoms. The zero-order valence-corrected chi connectivity index (χ0v) is 8.07. The van der Waals surface area contributed by atoms with Crippen LogP contribution in [-0.2, 0) is 4.74 Å². The van der Waals surface area contributed by atoms with Crippen LogP contribution in [0, 0.1) is 6.92 Å². The van der Waals surface area contributed by atoms with Crippen LogP contribution in [0.3, 0.4) is 0 Å². The van der Waals surface area contributed by atoms with E-state index in [2.05, 4.69) is 26.0 Å². The van der Waals surface area contributed by atoms with Crippen LogP contribution >= 0.6 is 11.3 Å². The third kappa shape index (κ3) is 2.31. The Morgan fingerprint density at radius 2 is 2.27 bits per heavy atom. The number of thiophene rings is 1. The zero-order valence-electron chi connectivity index (χ0n) is 7.26. The molecule has 62 valence electrons. The summed E-state index contributed by atoms with van der Waals surface area (Å²) >= 11 is 1.81. The van der Waals surface area contributed by atoms with Gasteiger partial charge in [0.25, 0.3) is 0 Å². The molecule has 0 radical (unpaired) electrons. The van der Waals surface area contributed by atoms with E-state index in [0.717, 1.165) is 6.61 Å². The molecule has 1 atom stereocenters. The van der Waals surface area contributed by atoms with Crippen LogP contribution in [0.2, 0.25) is 0 Å². The average molecular weight is 170 g/mol. The highest BCUT2D eigenvalue weighted by Gasteiger charge is 2.05. The molecule has 1 unspecified atom stereocenters. The SMILES string of the molecule is CCOC(C)c1ccc(C)s1. The molecule has 0 N–H and O–H groups in total. The quantitative estimate of drug-likeness (QED) is 0.677. The number of hydrogen-bond acceptors (Lipinski definition) is 2. The largest absolute Gasteiger partial charge is 0.373 e. The minimum Gasteiger partial charge on any atom is -0.373 e. The van der Waals surface area contributed by atoms with Crippen molar-refractivity contribution in [1.82, 2.24) is 0 Å². The lowest BCUT2D eigenvalue weighted by atomic mass is 10.3. The van der Waals surface area contributed by atoms with Gasteiger partial charge in [0.15, 0.2) is 0 Å². The summed E-state index contributed by atoms with van der Waals surface area (Å²) in [4.78, 5) is 2.68. The summed E-state index contributed by atoms with van der Waals surface area (Å²) in [5, 5.41) is 0. The van der Waals surface area contributed by atoms with Gasteiger partial charge >= 0.3 is 0 Å². The molecule has 0 aliphatic heterocycles. The molecule has 0 aliphatic rings. The smallest absolute Gasteiger partial charge is 0.0888 e. The lowest BCUT2D eigenvalue weighted by molar-refractivity contribution is 0.0789. The number of rotatable bonds is 3. The summed E-state index contributed by atoms with van der Waals surface area (Å²) in [6.07, 6.45) is 0.263. The molecule has 0 aliphatic carbocycles. The van der Waals surface area contributed by atoms with Crippen molar-refractivity contribution in [3.63, 3.8) is 0 Å². The molecule has 0 saturated heterocycles. The molecule has 1 nitrogen and oxygen atoms in total. The van der Waals surface area contributed by atoms with Crippen LogP contribution in [0.15, 0.2) is 12.1 Å². The van der Waals surface area contributed by atoms with Crippen LogP contribution in [0.4, 0.5) is 0 Å². The molecule has 1 aromatic heterocycles. The van der Waals surface area contributed by atoms with E-state index in [1.165, 1.54) is 9.75 Å². The molecule has 0 fully saturated rings. The Bertz CT molecular complexity index is 217. The Morgan fingerprint density at radius 1 is 1.55 bits per heavy atom. The monoisotopic (exact) mass is 170 g/mol. The molecule has 1 aromatic rings. The second-order valence-corrected chi connectivity index (χ2v) is 3.87. The van der Waals surface area contributed by atoms with Crippen molar-refractivity contribution in [2.24, 2.45) is 0 Å². The van der Waals surface area contributed by atoms with Crippen LogP contribution in [0.25, 0.3) is 0 Å². The third-order valence-corrected chi connectivity index (χ3v) is 2.74. The van der Waals surface area contributed by atoms with E-state index < -0.39 is 0 Å². The van der Waals surface area contributed by atoms with Crippen molar-refractivity contribution in [3.8, 4) is 0 Å². The second kappa shape index (κ2) is 3.88. The van der Waals surface area contributed by atoms with Gasteiger partial charge in [-0.3, -0.25) is 0 Å². The Morgan fingerprint density at radius 3 is 2.73 bits per heavy atom. The van der Waals surface area contributed by atoms with E-state index in [1.807, 2.05) is 18.3 Å². The number of hydrogen-bond donors (Lipinski definition) is 0. The van der Waals surface area contributed by atoms with Crippen molar-refractivity contribution in [1.29, 1.82) is 0 Å². The van der Waals surface area contributed by atoms with Gasteiger partial charge in [-0.2, -0.15) is 0 Å². The molecule has 1 rings (SSSR count). The standard InChI is InChI=1S/C9H14OS/c1-4-10-8(3)9-6-5-7(2)11-9/h5-6,8H,4H2,1-3H3. The minimum atomic E-state index is 0.263. The summed E-state index contributed by atoms with van der Waals surface area (Å²) in [7, 11) is 0. The molecule has 0 saturated carbocycles. The first-order valence-electron chi connectivity index (χ1n) is 3.92. The highest BCUT2D eigenvalue weighted by Crippen LogP contribution is 2.24. The van der Waals surface area contributed by atoms with E-state index in [1.54, 1.807) is 0 Å². The Balaban J connectivity index is 2.60. The van der Waals surface area contributed by atoms with E-state index >= 15 is 0 Å². The van der Waals surface area contributed by atoms with Gasteiger partial charge in [0, 0.05) is 16.4 Å². The van der Waals surface area contributed by atoms with Gasteiger partial charge in [0.05, 0.1) is 6.10 Å². The zero-order chi connectivity index (χ0) is 8.27. The molecule has 0 aromatic carbocycles. The molecular weight excluding hydrogens is 156 g/mol. The Kier molecular flexibility index (Phi) is 3.09. The topological polar surface area (TPSA) is 9.23 Å². The van der Waals surface area contributed by atoms with Crippen LogP contribution < -0.4 is 0 Å². The molecule has 1 heterocycles. The normalized spacial score (nSPS) is 13.4. The van der Waals surface area contributed by atoms with Crippen molar-refractivity contribution >= 4 is 11.3 Å². The van der Waals surface area contributed by atoms with E-state index in [0.29, 0.717) is 0 Å². The minimum absolute atomic E-state index is 0.263. The summed E-state index contributed by atoms with van der Waals surface area (Å²) in [5.74, 6) is 0. The molecule has 11 heavy (non-hydrogen) atoms. The molecule has 0 amide bonds. The lowest BCUT2D eigenvalue weighted by Crippen LogP contribution is -1.95. The summed E-state index contributed by atoms with van der Waals surface area (Å²) in [5.41, 5.74) is 0. The predicted molar refractivity (Wildman–Crippen MR) is 49.1 cm³/mol. The van der Waals surface area contributed by atoms with Gasteiger partial charge in [-0.15, -0.1) is 11.3 Å². The third-order valence-electron chi connectivity index (χ3n) is 1.58. The second-order valence-electron chi connectivity index (χ2n) is 2.55. The van der Waals surface area contributed by atoms with E-state index in [-0.39, 0.29) is 6.10 Å². The fraction of sp³-hybridized carbons (Fsp3) is 0.556. The predicted octanol–water partition coefficient (Wildman–Crippen LogP) is 3.15. The maximum Gasteiger partial charge on any atom is 0.0888 e. The average Bonchev–Trinajstić information content (AvgIpc) is 2.36. The van der Waals surface area contributed by atoms with Crippen LogP contribution in [0.5, 0.6) is 0 Å². The summed E-state index contributed by atoms with van der Waals surface area (Å²) in [6, 6.07) is 4.27. The van der Waals surface area contributed by atoms with Gasteiger partial charge in [-0.1, -0.05) is 0 Å². The molecular formula is C9H14OS. The highest BCUT2D eigenvalue weighted by atomic mass is 32.1. The van der Waals surface area contributed by atoms with Gasteiger partial charge in [-0.05, 0) is 32.9 Å². The first kappa shape index (κ1) is 8.75. The summed E-state index contributed by atoms with van der Waals surface area (Å²) < 4.78 is 5.45. The van der Waals surface area contributed by atoms with Crippen molar-refractivity contribution in [2.75, 3.05) is 6.61 Å². The summed E-state index contributed by atoms with van der Waals surface area (Å²) in [6.45, 7) is 7.02. The fourth-order valence-corrected chi connectivity index (χ4v) is 1.88. The van der Waals surface area contributed by atoms with Crippen LogP contribution in [-0.4, -0.2) is 6.61 Å². The Hall–Kier alpha value is -0.340.